The first-order valence-electron chi connectivity index (χ1n) is 5.50. The minimum atomic E-state index is -1.16. The maximum absolute atomic E-state index is 11.9. The van der Waals surface area contributed by atoms with E-state index in [2.05, 4.69) is 0 Å². The van der Waals surface area contributed by atoms with E-state index in [0.717, 1.165) is 4.57 Å². The Morgan fingerprint density at radius 2 is 1.61 bits per heavy atom. The Morgan fingerprint density at radius 1 is 1.11 bits per heavy atom. The largest absolute Gasteiger partial charge is 0.480 e. The summed E-state index contributed by atoms with van der Waals surface area (Å²) in [4.78, 5) is 34.5. The minimum absolute atomic E-state index is 0.364. The fraction of sp³-hybridized carbons (Fsp3) is 0.250. The van der Waals surface area contributed by atoms with Crippen molar-refractivity contribution in [1.82, 2.24) is 9.13 Å². The first-order chi connectivity index (χ1) is 8.56. The molecule has 6 nitrogen and oxygen atoms in total. The van der Waals surface area contributed by atoms with Crippen LogP contribution in [0.2, 0.25) is 0 Å². The monoisotopic (exact) mass is 248 g/mol. The lowest BCUT2D eigenvalue weighted by Crippen LogP contribution is -2.42. The lowest BCUT2D eigenvalue weighted by Gasteiger charge is -2.12. The number of fused-ring (bicyclic) bond motifs is 1. The Balaban J connectivity index is 2.95. The van der Waals surface area contributed by atoms with Crippen molar-refractivity contribution in [3.05, 3.63) is 45.0 Å². The van der Waals surface area contributed by atoms with E-state index in [0.29, 0.717) is 17.6 Å². The van der Waals surface area contributed by atoms with E-state index >= 15 is 0 Å². The Labute approximate surface area is 102 Å². The van der Waals surface area contributed by atoms with Crippen LogP contribution >= 0.6 is 0 Å². The number of aryl methyl sites for hydroxylation is 1. The van der Waals surface area contributed by atoms with Crippen LogP contribution in [0.1, 0.15) is 6.92 Å². The molecule has 0 unspecified atom stereocenters. The minimum Gasteiger partial charge on any atom is -0.480 e. The number of carboxylic acid groups (broad SMARTS) is 1. The molecule has 1 heterocycles. The third kappa shape index (κ3) is 1.81. The Bertz CT molecular complexity index is 727. The van der Waals surface area contributed by atoms with Gasteiger partial charge < -0.3 is 9.67 Å². The number of nitrogens with zero attached hydrogens (tertiary/aromatic N) is 2. The smallest absolute Gasteiger partial charge is 0.323 e. The molecule has 0 spiro atoms. The molecule has 1 N–H and O–H groups in total. The molecule has 0 radical (unpaired) electrons. The third-order valence-corrected chi connectivity index (χ3v) is 2.75. The van der Waals surface area contributed by atoms with Crippen molar-refractivity contribution in [3.63, 3.8) is 0 Å². The summed E-state index contributed by atoms with van der Waals surface area (Å²) in [5.41, 5.74) is -0.493. The summed E-state index contributed by atoms with van der Waals surface area (Å²) in [5, 5.41) is 8.80. The Kier molecular flexibility index (Phi) is 3.01. The molecule has 94 valence electrons. The maximum atomic E-state index is 11.9. The Morgan fingerprint density at radius 3 is 2.11 bits per heavy atom. The maximum Gasteiger partial charge on any atom is 0.323 e. The van der Waals surface area contributed by atoms with Gasteiger partial charge in [0.25, 0.3) is 0 Å². The summed E-state index contributed by atoms with van der Waals surface area (Å²) < 4.78 is 2.34. The third-order valence-electron chi connectivity index (χ3n) is 2.75. The van der Waals surface area contributed by atoms with Crippen LogP contribution in [0.25, 0.3) is 11.0 Å². The van der Waals surface area contributed by atoms with Gasteiger partial charge in [-0.3, -0.25) is 19.0 Å². The summed E-state index contributed by atoms with van der Waals surface area (Å²) in [5.74, 6) is -1.16. The molecule has 18 heavy (non-hydrogen) atoms. The summed E-state index contributed by atoms with van der Waals surface area (Å²) >= 11 is 0. The molecule has 2 aromatic rings. The van der Waals surface area contributed by atoms with Crippen molar-refractivity contribution in [3.8, 4) is 0 Å². The van der Waals surface area contributed by atoms with Gasteiger partial charge >= 0.3 is 17.1 Å². The van der Waals surface area contributed by atoms with Crippen LogP contribution in [0.3, 0.4) is 0 Å². The molecule has 0 amide bonds. The van der Waals surface area contributed by atoms with Gasteiger partial charge in [0.2, 0.25) is 0 Å². The Hall–Kier alpha value is -2.37. The zero-order chi connectivity index (χ0) is 13.3. The van der Waals surface area contributed by atoms with E-state index in [1.807, 2.05) is 0 Å². The molecule has 0 bridgehead atoms. The molecule has 2 rings (SSSR count). The second-order valence-electron chi connectivity index (χ2n) is 3.82. The molecule has 0 atom stereocenters. The van der Waals surface area contributed by atoms with Gasteiger partial charge in [0.1, 0.15) is 6.54 Å². The van der Waals surface area contributed by atoms with Crippen LogP contribution in [0, 0.1) is 0 Å². The van der Waals surface area contributed by atoms with Crippen molar-refractivity contribution < 1.29 is 9.90 Å². The first-order valence-corrected chi connectivity index (χ1v) is 5.50. The van der Waals surface area contributed by atoms with Gasteiger partial charge in [-0.15, -0.1) is 0 Å². The number of carboxylic acids is 1. The van der Waals surface area contributed by atoms with Gasteiger partial charge in [0, 0.05) is 6.54 Å². The summed E-state index contributed by atoms with van der Waals surface area (Å²) in [6.45, 7) is 1.61. The number of carbonyl (C=O) groups is 1. The lowest BCUT2D eigenvalue weighted by molar-refractivity contribution is -0.137. The highest BCUT2D eigenvalue weighted by Crippen LogP contribution is 2.09. The van der Waals surface area contributed by atoms with Crippen LogP contribution in [-0.4, -0.2) is 20.2 Å². The van der Waals surface area contributed by atoms with Crippen LogP contribution in [0.4, 0.5) is 0 Å². The number of rotatable bonds is 3. The number of aromatic nitrogens is 2. The normalized spacial score (nSPS) is 10.7. The fourth-order valence-corrected chi connectivity index (χ4v) is 1.98. The summed E-state index contributed by atoms with van der Waals surface area (Å²) in [7, 11) is 0. The number of aliphatic carboxylic acids is 1. The number of hydrogen-bond donors (Lipinski definition) is 1. The molecule has 6 heteroatoms. The summed E-state index contributed by atoms with van der Waals surface area (Å²) in [6.07, 6.45) is 0. The van der Waals surface area contributed by atoms with E-state index in [1.54, 1.807) is 31.2 Å². The molecule has 1 aromatic carbocycles. The molecule has 0 aliphatic carbocycles. The number of para-hydroxylation sites is 2. The standard InChI is InChI=1S/C12H12N2O4/c1-2-13-8-5-3-4-6-9(8)14(7-10(15)16)12(18)11(13)17/h3-6H,2,7H2,1H3,(H,15,16). The predicted molar refractivity (Wildman–Crippen MR) is 65.8 cm³/mol. The quantitative estimate of drug-likeness (QED) is 0.790. The molecular weight excluding hydrogens is 236 g/mol. The van der Waals surface area contributed by atoms with Gasteiger partial charge in [0.05, 0.1) is 11.0 Å². The van der Waals surface area contributed by atoms with E-state index in [1.165, 1.54) is 4.57 Å². The van der Waals surface area contributed by atoms with Crippen LogP contribution in [-0.2, 0) is 17.9 Å². The zero-order valence-electron chi connectivity index (χ0n) is 9.79. The van der Waals surface area contributed by atoms with Crippen molar-refractivity contribution in [2.75, 3.05) is 0 Å². The van der Waals surface area contributed by atoms with E-state index in [-0.39, 0.29) is 0 Å². The fourth-order valence-electron chi connectivity index (χ4n) is 1.98. The molecule has 0 fully saturated rings. The van der Waals surface area contributed by atoms with E-state index in [4.69, 9.17) is 5.11 Å². The van der Waals surface area contributed by atoms with Gasteiger partial charge in [-0.05, 0) is 19.1 Å². The highest BCUT2D eigenvalue weighted by molar-refractivity contribution is 5.77. The molecule has 0 saturated heterocycles. The van der Waals surface area contributed by atoms with Crippen LogP contribution in [0.5, 0.6) is 0 Å². The molecular formula is C12H12N2O4. The molecule has 0 aliphatic rings. The van der Waals surface area contributed by atoms with Crippen molar-refractivity contribution in [2.24, 2.45) is 0 Å². The van der Waals surface area contributed by atoms with Crippen LogP contribution in [0.15, 0.2) is 33.9 Å². The lowest BCUT2D eigenvalue weighted by atomic mass is 10.2. The highest BCUT2D eigenvalue weighted by Gasteiger charge is 2.13. The van der Waals surface area contributed by atoms with Gasteiger partial charge in [-0.2, -0.15) is 0 Å². The van der Waals surface area contributed by atoms with Crippen LogP contribution < -0.4 is 11.1 Å². The summed E-state index contributed by atoms with van der Waals surface area (Å²) in [6, 6.07) is 6.76. The topological polar surface area (TPSA) is 81.3 Å². The first kappa shape index (κ1) is 12.1. The van der Waals surface area contributed by atoms with Gasteiger partial charge in [-0.25, -0.2) is 0 Å². The molecule has 1 aromatic heterocycles. The van der Waals surface area contributed by atoms with Gasteiger partial charge in [-0.1, -0.05) is 12.1 Å². The average Bonchev–Trinajstić information content (AvgIpc) is 2.35. The second kappa shape index (κ2) is 4.48. The van der Waals surface area contributed by atoms with Crippen molar-refractivity contribution in [1.29, 1.82) is 0 Å². The van der Waals surface area contributed by atoms with Crippen molar-refractivity contribution >= 4 is 17.0 Å². The molecule has 0 aliphatic heterocycles. The average molecular weight is 248 g/mol. The van der Waals surface area contributed by atoms with Crippen molar-refractivity contribution in [2.45, 2.75) is 20.0 Å². The van der Waals surface area contributed by atoms with Gasteiger partial charge in [0.15, 0.2) is 0 Å². The second-order valence-corrected chi connectivity index (χ2v) is 3.82. The predicted octanol–water partition coefficient (Wildman–Crippen LogP) is 0.268. The SMILES string of the molecule is CCn1c(=O)c(=O)n(CC(=O)O)c2ccccc21. The molecule has 0 saturated carbocycles. The van der Waals surface area contributed by atoms with E-state index in [9.17, 15) is 14.4 Å². The highest BCUT2D eigenvalue weighted by atomic mass is 16.4. The zero-order valence-corrected chi connectivity index (χ0v) is 9.79. The van der Waals surface area contributed by atoms with E-state index < -0.39 is 23.6 Å². The number of benzene rings is 1. The number of hydrogen-bond acceptors (Lipinski definition) is 3.